The molecule has 0 aliphatic rings. The summed E-state index contributed by atoms with van der Waals surface area (Å²) in [5.41, 5.74) is 0. The topological polar surface area (TPSA) is 49.3 Å². The highest BCUT2D eigenvalue weighted by atomic mass is 16.3. The van der Waals surface area contributed by atoms with Crippen molar-refractivity contribution in [2.75, 3.05) is 0 Å². The Morgan fingerprint density at radius 1 is 1.47 bits per heavy atom. The molecule has 0 aromatic carbocycles. The van der Waals surface area contributed by atoms with Gasteiger partial charge in [-0.3, -0.25) is 4.79 Å². The highest BCUT2D eigenvalue weighted by Gasteiger charge is 2.08. The van der Waals surface area contributed by atoms with E-state index in [1.54, 1.807) is 6.92 Å². The van der Waals surface area contributed by atoms with E-state index in [9.17, 15) is 4.79 Å². The Hall–Kier alpha value is -1.01. The van der Waals surface area contributed by atoms with Gasteiger partial charge >= 0.3 is 0 Å². The molecule has 0 spiro atoms. The van der Waals surface area contributed by atoms with Gasteiger partial charge in [0.25, 0.3) is 0 Å². The second kappa shape index (κ2) is 8.31. The number of aliphatic hydroxyl groups is 1. The Kier molecular flexibility index (Phi) is 7.75. The maximum atomic E-state index is 11.4. The van der Waals surface area contributed by atoms with Crippen LogP contribution < -0.4 is 5.32 Å². The average molecular weight is 211 g/mol. The summed E-state index contributed by atoms with van der Waals surface area (Å²) >= 11 is 0. The molecule has 2 N–H and O–H groups in total. The molecule has 15 heavy (non-hydrogen) atoms. The van der Waals surface area contributed by atoms with Crippen LogP contribution in [0.2, 0.25) is 0 Å². The van der Waals surface area contributed by atoms with Gasteiger partial charge in [0, 0.05) is 18.9 Å². The van der Waals surface area contributed by atoms with Gasteiger partial charge in [-0.05, 0) is 33.1 Å². The van der Waals surface area contributed by atoms with Crippen molar-refractivity contribution in [3.05, 3.63) is 0 Å². The van der Waals surface area contributed by atoms with Crippen LogP contribution in [0, 0.1) is 12.3 Å². The van der Waals surface area contributed by atoms with Gasteiger partial charge in [-0.25, -0.2) is 0 Å². The van der Waals surface area contributed by atoms with Crippen LogP contribution in [0.5, 0.6) is 0 Å². The summed E-state index contributed by atoms with van der Waals surface area (Å²) < 4.78 is 0. The lowest BCUT2D eigenvalue weighted by atomic mass is 10.1. The van der Waals surface area contributed by atoms with Crippen LogP contribution in [-0.4, -0.2) is 23.2 Å². The number of carbonyl (C=O) groups excluding carboxylic acids is 1. The third-order valence-electron chi connectivity index (χ3n) is 2.08. The largest absolute Gasteiger partial charge is 0.393 e. The molecule has 0 bridgehead atoms. The molecular weight excluding hydrogens is 190 g/mol. The van der Waals surface area contributed by atoms with Crippen molar-refractivity contribution in [1.29, 1.82) is 0 Å². The highest BCUT2D eigenvalue weighted by Crippen LogP contribution is 2.01. The standard InChI is InChI=1S/C12H21NO2/c1-4-5-6-7-8-12(15)13-10(2)9-11(3)14/h1,10-11,14H,5-9H2,2-3H3,(H,13,15). The molecule has 0 fully saturated rings. The van der Waals surface area contributed by atoms with Crippen LogP contribution in [-0.2, 0) is 4.79 Å². The van der Waals surface area contributed by atoms with E-state index in [1.807, 2.05) is 6.92 Å². The molecule has 86 valence electrons. The van der Waals surface area contributed by atoms with E-state index in [1.165, 1.54) is 0 Å². The van der Waals surface area contributed by atoms with Crippen molar-refractivity contribution >= 4 is 5.91 Å². The van der Waals surface area contributed by atoms with Gasteiger partial charge in [0.2, 0.25) is 5.91 Å². The lowest BCUT2D eigenvalue weighted by Crippen LogP contribution is -2.34. The maximum absolute atomic E-state index is 11.4. The number of hydrogen-bond donors (Lipinski definition) is 2. The fraction of sp³-hybridized carbons (Fsp3) is 0.750. The first-order valence-corrected chi connectivity index (χ1v) is 5.47. The molecular formula is C12H21NO2. The van der Waals surface area contributed by atoms with E-state index < -0.39 is 0 Å². The van der Waals surface area contributed by atoms with Gasteiger partial charge in [-0.1, -0.05) is 0 Å². The van der Waals surface area contributed by atoms with Gasteiger partial charge in [0.1, 0.15) is 0 Å². The van der Waals surface area contributed by atoms with Crippen LogP contribution in [0.3, 0.4) is 0 Å². The molecule has 0 heterocycles. The molecule has 3 nitrogen and oxygen atoms in total. The fourth-order valence-electron chi connectivity index (χ4n) is 1.43. The first kappa shape index (κ1) is 14.0. The molecule has 0 radical (unpaired) electrons. The number of rotatable bonds is 7. The minimum atomic E-state index is -0.373. The monoisotopic (exact) mass is 211 g/mol. The summed E-state index contributed by atoms with van der Waals surface area (Å²) in [4.78, 5) is 11.4. The average Bonchev–Trinajstić information content (AvgIpc) is 2.10. The summed E-state index contributed by atoms with van der Waals surface area (Å²) in [5, 5.41) is 11.9. The molecule has 1 amide bonds. The van der Waals surface area contributed by atoms with Crippen LogP contribution in [0.25, 0.3) is 0 Å². The molecule has 0 aliphatic heterocycles. The molecule has 0 aliphatic carbocycles. The number of carbonyl (C=O) groups is 1. The second-order valence-electron chi connectivity index (χ2n) is 3.96. The number of amides is 1. The van der Waals surface area contributed by atoms with Crippen molar-refractivity contribution in [3.63, 3.8) is 0 Å². The van der Waals surface area contributed by atoms with E-state index in [2.05, 4.69) is 11.2 Å². The molecule has 0 aromatic rings. The summed E-state index contributed by atoms with van der Waals surface area (Å²) in [5.74, 6) is 2.59. The molecule has 2 atom stereocenters. The first-order chi connectivity index (χ1) is 7.06. The molecule has 2 unspecified atom stereocenters. The number of nitrogens with one attached hydrogen (secondary N) is 1. The van der Waals surface area contributed by atoms with Crippen LogP contribution in [0.4, 0.5) is 0 Å². The van der Waals surface area contributed by atoms with E-state index in [0.717, 1.165) is 19.3 Å². The normalized spacial score (nSPS) is 14.0. The lowest BCUT2D eigenvalue weighted by molar-refractivity contribution is -0.121. The zero-order valence-corrected chi connectivity index (χ0v) is 9.62. The van der Waals surface area contributed by atoms with Gasteiger partial charge in [0.15, 0.2) is 0 Å². The summed E-state index contributed by atoms with van der Waals surface area (Å²) in [6, 6.07) is 0.0325. The third-order valence-corrected chi connectivity index (χ3v) is 2.08. The molecule has 0 aromatic heterocycles. The second-order valence-corrected chi connectivity index (χ2v) is 3.96. The Bertz CT molecular complexity index is 218. The first-order valence-electron chi connectivity index (χ1n) is 5.47. The van der Waals surface area contributed by atoms with E-state index in [-0.39, 0.29) is 18.1 Å². The number of unbranched alkanes of at least 4 members (excludes halogenated alkanes) is 2. The van der Waals surface area contributed by atoms with Crippen LogP contribution in [0.15, 0.2) is 0 Å². The minimum Gasteiger partial charge on any atom is -0.393 e. The predicted molar refractivity (Wildman–Crippen MR) is 61.2 cm³/mol. The van der Waals surface area contributed by atoms with Gasteiger partial charge in [-0.15, -0.1) is 12.3 Å². The SMILES string of the molecule is C#CCCCCC(=O)NC(C)CC(C)O. The van der Waals surface area contributed by atoms with Crippen LogP contribution >= 0.6 is 0 Å². The lowest BCUT2D eigenvalue weighted by Gasteiger charge is -2.15. The van der Waals surface area contributed by atoms with Crippen molar-refractivity contribution < 1.29 is 9.90 Å². The van der Waals surface area contributed by atoms with Gasteiger partial charge in [0.05, 0.1) is 6.10 Å². The number of hydrogen-bond acceptors (Lipinski definition) is 2. The van der Waals surface area contributed by atoms with Crippen molar-refractivity contribution in [3.8, 4) is 12.3 Å². The van der Waals surface area contributed by atoms with Gasteiger partial charge < -0.3 is 10.4 Å². The maximum Gasteiger partial charge on any atom is 0.220 e. The smallest absolute Gasteiger partial charge is 0.220 e. The zero-order chi connectivity index (χ0) is 11.7. The molecule has 0 saturated heterocycles. The van der Waals surface area contributed by atoms with E-state index in [0.29, 0.717) is 12.8 Å². The van der Waals surface area contributed by atoms with Crippen LogP contribution in [0.1, 0.15) is 46.0 Å². The quantitative estimate of drug-likeness (QED) is 0.494. The molecule has 0 saturated carbocycles. The Morgan fingerprint density at radius 2 is 2.13 bits per heavy atom. The summed E-state index contributed by atoms with van der Waals surface area (Å²) in [6.45, 7) is 3.61. The number of aliphatic hydroxyl groups excluding tert-OH is 1. The fourth-order valence-corrected chi connectivity index (χ4v) is 1.43. The zero-order valence-electron chi connectivity index (χ0n) is 9.62. The summed E-state index contributed by atoms with van der Waals surface area (Å²) in [7, 11) is 0. The Morgan fingerprint density at radius 3 is 2.67 bits per heavy atom. The Labute approximate surface area is 92.3 Å². The van der Waals surface area contributed by atoms with E-state index >= 15 is 0 Å². The predicted octanol–water partition coefficient (Wildman–Crippen LogP) is 1.46. The number of terminal acetylenes is 1. The van der Waals surface area contributed by atoms with Crippen molar-refractivity contribution in [2.45, 2.75) is 58.1 Å². The Balaban J connectivity index is 3.52. The summed E-state index contributed by atoms with van der Waals surface area (Å²) in [6.07, 6.45) is 8.30. The minimum absolute atomic E-state index is 0.0325. The van der Waals surface area contributed by atoms with E-state index in [4.69, 9.17) is 11.5 Å². The molecule has 3 heteroatoms. The van der Waals surface area contributed by atoms with Gasteiger partial charge in [-0.2, -0.15) is 0 Å². The van der Waals surface area contributed by atoms with Crippen molar-refractivity contribution in [2.24, 2.45) is 0 Å². The highest BCUT2D eigenvalue weighted by molar-refractivity contribution is 5.76. The third kappa shape index (κ3) is 9.30. The molecule has 0 rings (SSSR count). The van der Waals surface area contributed by atoms with Crippen molar-refractivity contribution in [1.82, 2.24) is 5.32 Å².